The Bertz CT molecular complexity index is 488. The molecule has 0 spiro atoms. The van der Waals surface area contributed by atoms with E-state index in [0.29, 0.717) is 24.0 Å². The Labute approximate surface area is 133 Å². The number of likely N-dealkylation sites (N-methyl/N-ethyl adjacent to an activating group) is 1. The summed E-state index contributed by atoms with van der Waals surface area (Å²) in [5.41, 5.74) is 2.18. The van der Waals surface area contributed by atoms with E-state index < -0.39 is 0 Å². The molecule has 5 heteroatoms. The van der Waals surface area contributed by atoms with Crippen LogP contribution in [-0.4, -0.2) is 34.6 Å². The molecule has 0 aliphatic carbocycles. The van der Waals surface area contributed by atoms with Gasteiger partial charge in [-0.3, -0.25) is 4.68 Å². The lowest BCUT2D eigenvalue weighted by Crippen LogP contribution is -2.43. The third-order valence-electron chi connectivity index (χ3n) is 4.94. The summed E-state index contributed by atoms with van der Waals surface area (Å²) in [4.78, 5) is 0. The van der Waals surface area contributed by atoms with Crippen molar-refractivity contribution in [3.05, 3.63) is 16.4 Å². The van der Waals surface area contributed by atoms with Crippen molar-refractivity contribution in [1.82, 2.24) is 15.1 Å². The van der Waals surface area contributed by atoms with Crippen LogP contribution in [0.2, 0.25) is 5.15 Å². The Balaban J connectivity index is 2.23. The molecule has 0 saturated carbocycles. The predicted molar refractivity (Wildman–Crippen MR) is 86.8 cm³/mol. The number of hydrogen-bond acceptors (Lipinski definition) is 3. The van der Waals surface area contributed by atoms with Gasteiger partial charge in [-0.15, -0.1) is 0 Å². The van der Waals surface area contributed by atoms with E-state index in [1.165, 1.54) is 0 Å². The fraction of sp³-hybridized carbons (Fsp3) is 0.812. The molecular weight excluding hydrogens is 286 g/mol. The average Bonchev–Trinajstić information content (AvgIpc) is 2.80. The summed E-state index contributed by atoms with van der Waals surface area (Å²) in [5, 5.41) is 8.82. The van der Waals surface area contributed by atoms with Crippen molar-refractivity contribution < 1.29 is 4.74 Å². The first-order valence-electron chi connectivity index (χ1n) is 7.93. The molecule has 1 aromatic rings. The molecule has 5 unspecified atom stereocenters. The zero-order valence-corrected chi connectivity index (χ0v) is 14.7. The highest BCUT2D eigenvalue weighted by atomic mass is 35.5. The van der Waals surface area contributed by atoms with Crippen LogP contribution in [0.25, 0.3) is 0 Å². The lowest BCUT2D eigenvalue weighted by Gasteiger charge is -2.29. The molecule has 1 aliphatic heterocycles. The molecule has 120 valence electrons. The molecule has 1 N–H and O–H groups in total. The van der Waals surface area contributed by atoms with Gasteiger partial charge in [0.25, 0.3) is 0 Å². The number of ether oxygens (including phenoxy) is 1. The summed E-state index contributed by atoms with van der Waals surface area (Å²) < 4.78 is 7.78. The Morgan fingerprint density at radius 3 is 2.43 bits per heavy atom. The SMILES string of the molecule is CCNC(Cc1c(C)nn(C)c1Cl)C1C(C)OC(C)C1C. The number of hydrogen-bond donors (Lipinski definition) is 1. The van der Waals surface area contributed by atoms with Gasteiger partial charge in [0.15, 0.2) is 0 Å². The van der Waals surface area contributed by atoms with Crippen molar-refractivity contribution in [2.45, 2.75) is 59.3 Å². The van der Waals surface area contributed by atoms with Crippen LogP contribution in [0, 0.1) is 18.8 Å². The van der Waals surface area contributed by atoms with Crippen molar-refractivity contribution in [3.63, 3.8) is 0 Å². The highest BCUT2D eigenvalue weighted by Crippen LogP contribution is 2.36. The molecule has 1 fully saturated rings. The first-order chi connectivity index (χ1) is 9.86. The van der Waals surface area contributed by atoms with Gasteiger partial charge in [-0.25, -0.2) is 0 Å². The van der Waals surface area contributed by atoms with E-state index in [-0.39, 0.29) is 6.10 Å². The predicted octanol–water partition coefficient (Wildman–Crippen LogP) is 2.96. The number of nitrogens with zero attached hydrogens (tertiary/aromatic N) is 2. The minimum atomic E-state index is 0.273. The van der Waals surface area contributed by atoms with Crippen molar-refractivity contribution in [3.8, 4) is 0 Å². The summed E-state index contributed by atoms with van der Waals surface area (Å²) in [7, 11) is 1.90. The maximum atomic E-state index is 6.41. The fourth-order valence-electron chi connectivity index (χ4n) is 3.72. The number of aryl methyl sites for hydroxylation is 2. The molecule has 0 amide bonds. The number of halogens is 1. The normalized spacial score (nSPS) is 30.8. The lowest BCUT2D eigenvalue weighted by atomic mass is 9.81. The average molecular weight is 314 g/mol. The zero-order chi connectivity index (χ0) is 15.7. The van der Waals surface area contributed by atoms with Gasteiger partial charge >= 0.3 is 0 Å². The third kappa shape index (κ3) is 3.27. The zero-order valence-electron chi connectivity index (χ0n) is 14.0. The van der Waals surface area contributed by atoms with Gasteiger partial charge in [0.05, 0.1) is 17.9 Å². The molecule has 2 heterocycles. The van der Waals surface area contributed by atoms with Crippen LogP contribution in [0.5, 0.6) is 0 Å². The van der Waals surface area contributed by atoms with Gasteiger partial charge in [-0.1, -0.05) is 25.4 Å². The van der Waals surface area contributed by atoms with Crippen molar-refractivity contribution in [2.24, 2.45) is 18.9 Å². The first-order valence-corrected chi connectivity index (χ1v) is 8.31. The second-order valence-electron chi connectivity index (χ2n) is 6.33. The van der Waals surface area contributed by atoms with Crippen LogP contribution >= 0.6 is 11.6 Å². The van der Waals surface area contributed by atoms with Crippen molar-refractivity contribution >= 4 is 11.6 Å². The van der Waals surface area contributed by atoms with E-state index in [9.17, 15) is 0 Å². The molecular formula is C16H28ClN3O. The van der Waals surface area contributed by atoms with E-state index in [1.54, 1.807) is 4.68 Å². The molecule has 1 aliphatic rings. The first kappa shape index (κ1) is 16.8. The van der Waals surface area contributed by atoms with Gasteiger partial charge in [0.2, 0.25) is 0 Å². The van der Waals surface area contributed by atoms with Crippen LogP contribution in [0.1, 0.15) is 39.0 Å². The molecule has 0 aromatic carbocycles. The van der Waals surface area contributed by atoms with Gasteiger partial charge in [0, 0.05) is 24.6 Å². The molecule has 21 heavy (non-hydrogen) atoms. The standard InChI is InChI=1S/C16H28ClN3O/c1-7-18-14(15-9(2)11(4)21-12(15)5)8-13-10(3)19-20(6)16(13)17/h9,11-12,14-15,18H,7-8H2,1-6H3. The van der Waals surface area contributed by atoms with E-state index in [2.05, 4.69) is 38.1 Å². The quantitative estimate of drug-likeness (QED) is 0.908. The minimum absolute atomic E-state index is 0.273. The Kier molecular flexibility index (Phi) is 5.33. The highest BCUT2D eigenvalue weighted by Gasteiger charge is 2.41. The molecule has 1 saturated heterocycles. The molecule has 2 rings (SSSR count). The summed E-state index contributed by atoms with van der Waals surface area (Å²) in [6.45, 7) is 11.8. The second-order valence-corrected chi connectivity index (χ2v) is 6.69. The van der Waals surface area contributed by atoms with E-state index >= 15 is 0 Å². The van der Waals surface area contributed by atoms with Crippen LogP contribution in [0.15, 0.2) is 0 Å². The fourth-order valence-corrected chi connectivity index (χ4v) is 3.97. The summed E-state index contributed by atoms with van der Waals surface area (Å²) in [6, 6.07) is 0.366. The van der Waals surface area contributed by atoms with Gasteiger partial charge < -0.3 is 10.1 Å². The van der Waals surface area contributed by atoms with Crippen molar-refractivity contribution in [2.75, 3.05) is 6.54 Å². The number of aromatic nitrogens is 2. The molecule has 1 aromatic heterocycles. The van der Waals surface area contributed by atoms with Crippen LogP contribution in [-0.2, 0) is 18.2 Å². The van der Waals surface area contributed by atoms with Crippen LogP contribution in [0.4, 0.5) is 0 Å². The van der Waals surface area contributed by atoms with Crippen LogP contribution in [0.3, 0.4) is 0 Å². The second kappa shape index (κ2) is 6.67. The lowest BCUT2D eigenvalue weighted by molar-refractivity contribution is 0.0476. The molecule has 0 bridgehead atoms. The number of nitrogens with one attached hydrogen (secondary N) is 1. The van der Waals surface area contributed by atoms with Gasteiger partial charge in [0.1, 0.15) is 5.15 Å². The molecule has 0 radical (unpaired) electrons. The van der Waals surface area contributed by atoms with Crippen molar-refractivity contribution in [1.29, 1.82) is 0 Å². The molecule has 4 nitrogen and oxygen atoms in total. The van der Waals surface area contributed by atoms with Crippen LogP contribution < -0.4 is 5.32 Å². The Morgan fingerprint density at radius 1 is 1.33 bits per heavy atom. The third-order valence-corrected chi connectivity index (χ3v) is 5.42. The minimum Gasteiger partial charge on any atom is -0.375 e. The largest absolute Gasteiger partial charge is 0.375 e. The Hall–Kier alpha value is -0.580. The molecule has 5 atom stereocenters. The smallest absolute Gasteiger partial charge is 0.130 e. The van der Waals surface area contributed by atoms with E-state index in [0.717, 1.165) is 29.4 Å². The maximum Gasteiger partial charge on any atom is 0.130 e. The van der Waals surface area contributed by atoms with E-state index in [1.807, 2.05) is 14.0 Å². The van der Waals surface area contributed by atoms with Gasteiger partial charge in [-0.05, 0) is 39.7 Å². The monoisotopic (exact) mass is 313 g/mol. The highest BCUT2D eigenvalue weighted by molar-refractivity contribution is 6.30. The summed E-state index contributed by atoms with van der Waals surface area (Å²) in [6.07, 6.45) is 1.49. The summed E-state index contributed by atoms with van der Waals surface area (Å²) >= 11 is 6.41. The topological polar surface area (TPSA) is 39.1 Å². The summed E-state index contributed by atoms with van der Waals surface area (Å²) in [5.74, 6) is 1.04. The Morgan fingerprint density at radius 2 is 2.00 bits per heavy atom. The van der Waals surface area contributed by atoms with E-state index in [4.69, 9.17) is 16.3 Å². The maximum absolute atomic E-state index is 6.41. The van der Waals surface area contributed by atoms with Gasteiger partial charge in [-0.2, -0.15) is 5.10 Å². The number of rotatable bonds is 5.